The lowest BCUT2D eigenvalue weighted by atomic mass is 9.65. The number of nitrogens with one attached hydrogen (secondary N) is 1. The van der Waals surface area contributed by atoms with Crippen molar-refractivity contribution in [3.05, 3.63) is 78.6 Å². The molecule has 2 amide bonds. The number of nitrogens with zero attached hydrogens (tertiary/aromatic N) is 2. The smallest absolute Gasteiger partial charge is 0.339 e. The zero-order valence-electron chi connectivity index (χ0n) is 29.1. The van der Waals surface area contributed by atoms with E-state index in [2.05, 4.69) is 10.3 Å². The minimum atomic E-state index is -1.86. The van der Waals surface area contributed by atoms with Gasteiger partial charge in [-0.25, -0.2) is 9.78 Å². The Kier molecular flexibility index (Phi) is 12.9. The minimum Gasteiger partial charge on any atom is -0.457 e. The number of hydrogen-bond acceptors (Lipinski definition) is 10. The van der Waals surface area contributed by atoms with Crippen LogP contribution in [0.25, 0.3) is 0 Å². The zero-order chi connectivity index (χ0) is 35.9. The van der Waals surface area contributed by atoms with E-state index in [4.69, 9.17) is 13.9 Å². The Morgan fingerprint density at radius 2 is 1.85 bits per heavy atom. The van der Waals surface area contributed by atoms with Crippen LogP contribution in [0.4, 0.5) is 0 Å². The van der Waals surface area contributed by atoms with Crippen molar-refractivity contribution in [1.29, 1.82) is 0 Å². The van der Waals surface area contributed by atoms with E-state index in [1.807, 2.05) is 18.2 Å². The fourth-order valence-electron chi connectivity index (χ4n) is 6.61. The summed E-state index contributed by atoms with van der Waals surface area (Å²) in [7, 11) is 2.89. The fourth-order valence-corrected chi connectivity index (χ4v) is 6.61. The van der Waals surface area contributed by atoms with Crippen LogP contribution >= 0.6 is 0 Å². The second-order valence-electron chi connectivity index (χ2n) is 13.2. The van der Waals surface area contributed by atoms with Gasteiger partial charge >= 0.3 is 5.97 Å². The number of ether oxygens (including phenoxy) is 2. The first kappa shape index (κ1) is 38.6. The van der Waals surface area contributed by atoms with Gasteiger partial charge in [0.05, 0.1) is 35.8 Å². The summed E-state index contributed by atoms with van der Waals surface area (Å²) in [5, 5.41) is 36.5. The Balaban J connectivity index is 1.50. The number of aliphatic hydroxyl groups is 3. The summed E-state index contributed by atoms with van der Waals surface area (Å²) in [6, 6.07) is 0. The number of cyclic esters (lactones) is 1. The van der Waals surface area contributed by atoms with Crippen molar-refractivity contribution >= 4 is 17.8 Å². The average Bonchev–Trinajstić information content (AvgIpc) is 3.63. The largest absolute Gasteiger partial charge is 0.457 e. The summed E-state index contributed by atoms with van der Waals surface area (Å²) >= 11 is 0. The van der Waals surface area contributed by atoms with Gasteiger partial charge in [-0.1, -0.05) is 68.5 Å². The molecule has 2 fully saturated rings. The third kappa shape index (κ3) is 7.41. The quantitative estimate of drug-likeness (QED) is 0.152. The lowest BCUT2D eigenvalue weighted by Gasteiger charge is -2.55. The van der Waals surface area contributed by atoms with E-state index in [1.54, 1.807) is 84.2 Å². The van der Waals surface area contributed by atoms with Gasteiger partial charge in [-0.05, 0) is 45.6 Å². The number of oxazole rings is 1. The Bertz CT molecular complexity index is 1430. The third-order valence-electron chi connectivity index (χ3n) is 9.78. The lowest BCUT2D eigenvalue weighted by molar-refractivity contribution is -0.255. The second-order valence-corrected chi connectivity index (χ2v) is 13.2. The first-order valence-corrected chi connectivity index (χ1v) is 16.2. The summed E-state index contributed by atoms with van der Waals surface area (Å²) < 4.78 is 16.0. The molecule has 2 aliphatic heterocycles. The molecule has 2 aliphatic rings. The Morgan fingerprint density at radius 1 is 1.17 bits per heavy atom. The van der Waals surface area contributed by atoms with E-state index < -0.39 is 58.8 Å². The van der Waals surface area contributed by atoms with Gasteiger partial charge in [0, 0.05) is 27.1 Å². The molecule has 8 atom stereocenters. The van der Waals surface area contributed by atoms with E-state index in [1.165, 1.54) is 25.5 Å². The fraction of sp³-hybridized carbons (Fsp3) is 0.556. The highest BCUT2D eigenvalue weighted by atomic mass is 16.6. The molecule has 0 saturated carbocycles. The number of likely N-dealkylation sites (N-methyl/N-ethyl adjacent to an activating group) is 1. The lowest BCUT2D eigenvalue weighted by Crippen LogP contribution is -2.80. The van der Waals surface area contributed by atoms with Crippen LogP contribution in [-0.4, -0.2) is 99.2 Å². The summed E-state index contributed by atoms with van der Waals surface area (Å²) in [6.07, 6.45) is 16.0. The summed E-state index contributed by atoms with van der Waals surface area (Å²) in [5.74, 6) is -1.95. The Morgan fingerprint density at radius 3 is 2.46 bits per heavy atom. The molecule has 0 aromatic carbocycles. The van der Waals surface area contributed by atoms with Gasteiger partial charge in [0.25, 0.3) is 0 Å². The molecule has 1 spiro atoms. The normalized spacial score (nSPS) is 27.7. The van der Waals surface area contributed by atoms with Crippen molar-refractivity contribution in [1.82, 2.24) is 15.2 Å². The van der Waals surface area contributed by atoms with E-state index in [-0.39, 0.29) is 24.8 Å². The van der Waals surface area contributed by atoms with Crippen LogP contribution in [0.1, 0.15) is 53.7 Å². The highest BCUT2D eigenvalue weighted by molar-refractivity contribution is 5.99. The summed E-state index contributed by atoms with van der Waals surface area (Å²) in [4.78, 5) is 43.7. The number of carbonyl (C=O) groups is 3. The van der Waals surface area contributed by atoms with Gasteiger partial charge in [0.2, 0.25) is 17.4 Å². The molecule has 2 saturated heterocycles. The molecule has 3 heterocycles. The molecule has 3 rings (SSSR count). The van der Waals surface area contributed by atoms with Crippen molar-refractivity contribution in [2.24, 2.45) is 17.3 Å². The number of hydrogen-bond donors (Lipinski definition) is 4. The molecular weight excluding hydrogens is 618 g/mol. The van der Waals surface area contributed by atoms with Gasteiger partial charge in [0.15, 0.2) is 6.39 Å². The molecule has 4 N–H and O–H groups in total. The molecule has 1 aromatic heterocycles. The van der Waals surface area contributed by atoms with Gasteiger partial charge < -0.3 is 39.4 Å². The molecule has 12 heteroatoms. The molecule has 48 heavy (non-hydrogen) atoms. The predicted molar refractivity (Wildman–Crippen MR) is 179 cm³/mol. The number of aliphatic hydroxyl groups excluding tert-OH is 2. The number of esters is 1. The van der Waals surface area contributed by atoms with E-state index in [9.17, 15) is 29.7 Å². The van der Waals surface area contributed by atoms with E-state index in [0.29, 0.717) is 12.0 Å². The molecular formula is C36H51N3O9. The number of likely N-dealkylation sites (tertiary alicyclic amines) is 1. The zero-order valence-corrected chi connectivity index (χ0v) is 29.1. The molecule has 0 bridgehead atoms. The number of carbonyl (C=O) groups excluding carboxylic acids is 3. The summed E-state index contributed by atoms with van der Waals surface area (Å²) in [6.45, 7) is 10.3. The number of allylic oxidation sites excluding steroid dienone is 7. The maximum atomic E-state index is 12.9. The third-order valence-corrected chi connectivity index (χ3v) is 9.78. The Labute approximate surface area is 282 Å². The number of methoxy groups -OCH3 is 1. The van der Waals surface area contributed by atoms with Crippen molar-refractivity contribution in [2.75, 3.05) is 20.7 Å². The van der Waals surface area contributed by atoms with Gasteiger partial charge in [-0.15, -0.1) is 0 Å². The number of rotatable bonds is 16. The maximum Gasteiger partial charge on any atom is 0.339 e. The van der Waals surface area contributed by atoms with Crippen LogP contribution in [0.5, 0.6) is 0 Å². The number of aromatic nitrogens is 1. The summed E-state index contributed by atoms with van der Waals surface area (Å²) in [5.41, 5.74) is -3.87. The SMILES string of the molecule is COC(CC(C)C(O)/C=C/C=C/CNC(=O)C(C)(C)C(O)\C(C)=C/C=C/C=C/Cc1cnco1)[C@@]1(O)[C@H](C)C(=O)N(C)[C@@]12C(=O)O[C@H]2C. The van der Waals surface area contributed by atoms with E-state index in [0.717, 1.165) is 5.76 Å². The molecule has 4 unspecified atom stereocenters. The molecule has 12 nitrogen and oxygen atoms in total. The van der Waals surface area contributed by atoms with Crippen LogP contribution in [0.15, 0.2) is 77.3 Å². The highest BCUT2D eigenvalue weighted by Gasteiger charge is 2.80. The van der Waals surface area contributed by atoms with Crippen LogP contribution in [0.2, 0.25) is 0 Å². The van der Waals surface area contributed by atoms with Crippen molar-refractivity contribution < 1.29 is 43.6 Å². The van der Waals surface area contributed by atoms with Crippen molar-refractivity contribution in [3.8, 4) is 0 Å². The van der Waals surface area contributed by atoms with Gasteiger partial charge in [-0.3, -0.25) is 9.59 Å². The second kappa shape index (κ2) is 16.0. The first-order valence-electron chi connectivity index (χ1n) is 16.2. The van der Waals surface area contributed by atoms with Crippen LogP contribution in [0.3, 0.4) is 0 Å². The molecule has 1 aromatic rings. The van der Waals surface area contributed by atoms with Gasteiger partial charge in [-0.2, -0.15) is 0 Å². The van der Waals surface area contributed by atoms with E-state index >= 15 is 0 Å². The van der Waals surface area contributed by atoms with Crippen LogP contribution in [-0.2, 0) is 30.3 Å². The molecule has 0 radical (unpaired) electrons. The van der Waals surface area contributed by atoms with Gasteiger partial charge in [0.1, 0.15) is 17.5 Å². The average molecular weight is 670 g/mol. The predicted octanol–water partition coefficient (Wildman–Crippen LogP) is 2.82. The maximum absolute atomic E-state index is 12.9. The molecule has 264 valence electrons. The Hall–Kier alpha value is -3.84. The monoisotopic (exact) mass is 669 g/mol. The minimum absolute atomic E-state index is 0.160. The van der Waals surface area contributed by atoms with Crippen LogP contribution < -0.4 is 5.32 Å². The van der Waals surface area contributed by atoms with Crippen LogP contribution in [0, 0.1) is 17.3 Å². The first-order chi connectivity index (χ1) is 22.6. The number of amides is 2. The standard InChI is InChI=1S/C36H51N3O9/c1-23(16-12-9-10-13-17-27-21-37-22-47-27)30(41)34(5,6)32(43)38-19-15-11-14-18-28(40)24(2)20-29(46-8)36(45)25(3)31(42)39(7)35(36)26(4)48-33(35)44/h9-16,18,21-22,24-26,28-30,40-41,45H,17,19-20H2,1-8H3,(H,38,43)/b12-9+,13-10+,15-11+,18-14+,23-16-/t24?,25-,26+,28?,29?,30?,35+,36+/m1/s1. The molecule has 0 aliphatic carbocycles. The highest BCUT2D eigenvalue weighted by Crippen LogP contribution is 2.54. The van der Waals surface area contributed by atoms with Crippen molar-refractivity contribution in [3.63, 3.8) is 0 Å². The topological polar surface area (TPSA) is 172 Å². The van der Waals surface area contributed by atoms with Crippen molar-refractivity contribution in [2.45, 2.75) is 89.9 Å².